The van der Waals surface area contributed by atoms with E-state index in [0.29, 0.717) is 12.2 Å². The van der Waals surface area contributed by atoms with E-state index in [4.69, 9.17) is 4.74 Å². The zero-order chi connectivity index (χ0) is 13.1. The van der Waals surface area contributed by atoms with E-state index in [9.17, 15) is 4.79 Å². The van der Waals surface area contributed by atoms with Crippen molar-refractivity contribution in [1.29, 1.82) is 0 Å². The Morgan fingerprint density at radius 2 is 2.00 bits per heavy atom. The van der Waals surface area contributed by atoms with Crippen LogP contribution in [0.5, 0.6) is 0 Å². The number of esters is 1. The van der Waals surface area contributed by atoms with Gasteiger partial charge in [0.25, 0.3) is 0 Å². The number of carbonyl (C=O) groups excluding carboxylic acids is 1. The predicted molar refractivity (Wildman–Crippen MR) is 75.1 cm³/mol. The van der Waals surface area contributed by atoms with Crippen molar-refractivity contribution >= 4 is 19.3 Å². The fraction of sp³-hybridized carbons (Fsp3) is 0.214. The van der Waals surface area contributed by atoms with Crippen LogP contribution in [0.15, 0.2) is 30.3 Å². The summed E-state index contributed by atoms with van der Waals surface area (Å²) in [4.78, 5) is 15.2. The zero-order valence-electron chi connectivity index (χ0n) is 10.9. The number of nitrogens with one attached hydrogen (secondary N) is 1. The van der Waals surface area contributed by atoms with Crippen LogP contribution in [-0.2, 0) is 4.74 Å². The van der Waals surface area contributed by atoms with E-state index < -0.39 is 0 Å². The standard InChI is InChI=1S/C14H16BNO2/c1-3-18-14(17)11-9(2)16-13(12(11)15)10-7-5-4-6-8-10/h4-8,16H,3,15H2,1-2H3. The van der Waals surface area contributed by atoms with Gasteiger partial charge in [-0.25, -0.2) is 4.79 Å². The van der Waals surface area contributed by atoms with Gasteiger partial charge in [0.05, 0.1) is 12.2 Å². The molecule has 0 fully saturated rings. The normalized spacial score (nSPS) is 10.3. The minimum Gasteiger partial charge on any atom is -0.462 e. The third kappa shape index (κ3) is 2.19. The molecular weight excluding hydrogens is 225 g/mol. The molecule has 0 spiro atoms. The molecule has 18 heavy (non-hydrogen) atoms. The summed E-state index contributed by atoms with van der Waals surface area (Å²) in [6.45, 7) is 4.10. The van der Waals surface area contributed by atoms with Gasteiger partial charge in [0.1, 0.15) is 7.85 Å². The summed E-state index contributed by atoms with van der Waals surface area (Å²) < 4.78 is 5.08. The summed E-state index contributed by atoms with van der Waals surface area (Å²) in [5.41, 5.74) is 4.50. The van der Waals surface area contributed by atoms with Gasteiger partial charge in [0.2, 0.25) is 0 Å². The summed E-state index contributed by atoms with van der Waals surface area (Å²) in [6.07, 6.45) is 0. The highest BCUT2D eigenvalue weighted by atomic mass is 16.5. The van der Waals surface area contributed by atoms with Crippen LogP contribution in [0.1, 0.15) is 23.0 Å². The van der Waals surface area contributed by atoms with Gasteiger partial charge < -0.3 is 9.72 Å². The van der Waals surface area contributed by atoms with Gasteiger partial charge in [-0.2, -0.15) is 0 Å². The fourth-order valence-corrected chi connectivity index (χ4v) is 2.15. The topological polar surface area (TPSA) is 42.1 Å². The van der Waals surface area contributed by atoms with Crippen LogP contribution >= 0.6 is 0 Å². The second kappa shape index (κ2) is 5.13. The number of hydrogen-bond donors (Lipinski definition) is 1. The molecule has 0 saturated heterocycles. The molecule has 0 unspecified atom stereocenters. The lowest BCUT2D eigenvalue weighted by Crippen LogP contribution is -2.17. The molecule has 0 radical (unpaired) electrons. The number of carbonyl (C=O) groups is 1. The van der Waals surface area contributed by atoms with Gasteiger partial charge in [0, 0.05) is 11.4 Å². The first-order chi connectivity index (χ1) is 8.65. The summed E-state index contributed by atoms with van der Waals surface area (Å²) in [5.74, 6) is -0.258. The largest absolute Gasteiger partial charge is 0.462 e. The number of benzene rings is 1. The van der Waals surface area contributed by atoms with E-state index in [0.717, 1.165) is 22.4 Å². The molecule has 1 aromatic carbocycles. The zero-order valence-corrected chi connectivity index (χ0v) is 10.9. The van der Waals surface area contributed by atoms with Crippen molar-refractivity contribution in [3.8, 4) is 11.3 Å². The predicted octanol–water partition coefficient (Wildman–Crippen LogP) is 1.43. The second-order valence-electron chi connectivity index (χ2n) is 4.21. The number of aryl methyl sites for hydroxylation is 1. The minimum atomic E-state index is -0.258. The molecule has 1 heterocycles. The fourth-order valence-electron chi connectivity index (χ4n) is 2.15. The second-order valence-corrected chi connectivity index (χ2v) is 4.21. The van der Waals surface area contributed by atoms with Crippen molar-refractivity contribution in [3.63, 3.8) is 0 Å². The van der Waals surface area contributed by atoms with Gasteiger partial charge in [-0.05, 0) is 24.9 Å². The first-order valence-electron chi connectivity index (χ1n) is 6.06. The van der Waals surface area contributed by atoms with Crippen LogP contribution in [0.3, 0.4) is 0 Å². The molecule has 0 amide bonds. The Morgan fingerprint density at radius 3 is 2.61 bits per heavy atom. The lowest BCUT2D eigenvalue weighted by molar-refractivity contribution is 0.0527. The molecule has 0 aliphatic heterocycles. The van der Waals surface area contributed by atoms with Gasteiger partial charge in [0.15, 0.2) is 0 Å². The lowest BCUT2D eigenvalue weighted by Gasteiger charge is -2.03. The number of aromatic nitrogens is 1. The van der Waals surface area contributed by atoms with Crippen LogP contribution in [0.25, 0.3) is 11.3 Å². The Balaban J connectivity index is 2.47. The highest BCUT2D eigenvalue weighted by Crippen LogP contribution is 2.19. The van der Waals surface area contributed by atoms with Crippen molar-refractivity contribution < 1.29 is 9.53 Å². The Kier molecular flexibility index (Phi) is 3.56. The molecule has 1 N–H and O–H groups in total. The maximum absolute atomic E-state index is 11.9. The monoisotopic (exact) mass is 241 g/mol. The molecule has 0 saturated carbocycles. The molecule has 2 aromatic rings. The van der Waals surface area contributed by atoms with E-state index in [2.05, 4.69) is 4.98 Å². The maximum atomic E-state index is 11.9. The van der Waals surface area contributed by atoms with Gasteiger partial charge in [-0.1, -0.05) is 30.3 Å². The van der Waals surface area contributed by atoms with Crippen LogP contribution in [0, 0.1) is 6.92 Å². The smallest absolute Gasteiger partial charge is 0.339 e. The van der Waals surface area contributed by atoms with Crippen LogP contribution in [0.4, 0.5) is 0 Å². The average molecular weight is 241 g/mol. The van der Waals surface area contributed by atoms with E-state index in [1.807, 2.05) is 52.0 Å². The molecular formula is C14H16BNO2. The number of hydrogen-bond acceptors (Lipinski definition) is 2. The molecule has 2 rings (SSSR count). The number of aromatic amines is 1. The van der Waals surface area contributed by atoms with Gasteiger partial charge >= 0.3 is 5.97 Å². The van der Waals surface area contributed by atoms with Gasteiger partial charge in [-0.3, -0.25) is 0 Å². The Morgan fingerprint density at radius 1 is 1.33 bits per heavy atom. The quantitative estimate of drug-likeness (QED) is 0.652. The average Bonchev–Trinajstić information content (AvgIpc) is 2.66. The van der Waals surface area contributed by atoms with E-state index in [-0.39, 0.29) is 5.97 Å². The number of rotatable bonds is 3. The molecule has 92 valence electrons. The highest BCUT2D eigenvalue weighted by molar-refractivity contribution is 6.39. The maximum Gasteiger partial charge on any atom is 0.339 e. The third-order valence-corrected chi connectivity index (χ3v) is 2.98. The summed E-state index contributed by atoms with van der Waals surface area (Å²) >= 11 is 0. The van der Waals surface area contributed by atoms with E-state index >= 15 is 0 Å². The number of ether oxygens (including phenoxy) is 1. The summed E-state index contributed by atoms with van der Waals surface area (Å²) in [7, 11) is 1.94. The Bertz CT molecular complexity index is 561. The van der Waals surface area contributed by atoms with E-state index in [1.54, 1.807) is 0 Å². The van der Waals surface area contributed by atoms with Crippen molar-refractivity contribution in [2.75, 3.05) is 6.61 Å². The van der Waals surface area contributed by atoms with Crippen LogP contribution in [-0.4, -0.2) is 25.4 Å². The molecule has 0 aliphatic carbocycles. The first kappa shape index (κ1) is 12.5. The molecule has 0 atom stereocenters. The van der Waals surface area contributed by atoms with Crippen molar-refractivity contribution in [2.45, 2.75) is 13.8 Å². The molecule has 1 aromatic heterocycles. The molecule has 4 heteroatoms. The van der Waals surface area contributed by atoms with Crippen LogP contribution in [0.2, 0.25) is 0 Å². The molecule has 0 aliphatic rings. The highest BCUT2D eigenvalue weighted by Gasteiger charge is 2.19. The molecule has 3 nitrogen and oxygen atoms in total. The summed E-state index contributed by atoms with van der Waals surface area (Å²) in [5, 5.41) is 0. The lowest BCUT2D eigenvalue weighted by atomic mass is 9.88. The SMILES string of the molecule is Bc1c(-c2ccccc2)[nH]c(C)c1C(=O)OCC. The van der Waals surface area contributed by atoms with Crippen molar-refractivity contribution in [2.24, 2.45) is 0 Å². The summed E-state index contributed by atoms with van der Waals surface area (Å²) in [6, 6.07) is 9.98. The first-order valence-corrected chi connectivity index (χ1v) is 6.06. The van der Waals surface area contributed by atoms with Crippen molar-refractivity contribution in [1.82, 2.24) is 4.98 Å². The third-order valence-electron chi connectivity index (χ3n) is 2.98. The minimum absolute atomic E-state index is 0.258. The van der Waals surface area contributed by atoms with E-state index in [1.165, 1.54) is 0 Å². The Hall–Kier alpha value is -1.97. The number of H-pyrrole nitrogens is 1. The van der Waals surface area contributed by atoms with Crippen LogP contribution < -0.4 is 5.46 Å². The molecule has 0 bridgehead atoms. The van der Waals surface area contributed by atoms with Crippen molar-refractivity contribution in [3.05, 3.63) is 41.6 Å². The van der Waals surface area contributed by atoms with Gasteiger partial charge in [-0.15, -0.1) is 0 Å². The Labute approximate surface area is 108 Å².